The van der Waals surface area contributed by atoms with Gasteiger partial charge in [-0.2, -0.15) is 0 Å². The summed E-state index contributed by atoms with van der Waals surface area (Å²) in [6.45, 7) is 0.561. The molecule has 2 N–H and O–H groups in total. The average molecular weight is 269 g/mol. The third-order valence-corrected chi connectivity index (χ3v) is 2.90. The van der Waals surface area contributed by atoms with Crippen molar-refractivity contribution < 1.29 is 5.11 Å². The Balaban J connectivity index is 2.08. The highest BCUT2D eigenvalue weighted by molar-refractivity contribution is 6.33. The van der Waals surface area contributed by atoms with Gasteiger partial charge in [-0.25, -0.2) is 0 Å². The molecule has 0 spiro atoms. The largest absolute Gasteiger partial charge is 0.506 e. The molecule has 2 aromatic rings. The minimum absolute atomic E-state index is 0.0785. The van der Waals surface area contributed by atoms with Gasteiger partial charge in [-0.05, 0) is 23.8 Å². The fourth-order valence-corrected chi connectivity index (χ4v) is 1.74. The van der Waals surface area contributed by atoms with Crippen molar-refractivity contribution in [3.8, 4) is 5.75 Å². The third kappa shape index (κ3) is 3.02. The van der Waals surface area contributed by atoms with Crippen molar-refractivity contribution in [1.29, 1.82) is 0 Å². The topological polar surface area (TPSA) is 45.1 Å². The van der Waals surface area contributed by atoms with Crippen LogP contribution in [0.3, 0.4) is 0 Å². The fraction of sp³-hybridized carbons (Fsp3) is 0.0833. The van der Waals surface area contributed by atoms with Gasteiger partial charge in [0.2, 0.25) is 0 Å². The van der Waals surface area contributed by atoms with E-state index in [4.69, 9.17) is 23.2 Å². The van der Waals surface area contributed by atoms with Crippen molar-refractivity contribution in [3.63, 3.8) is 0 Å². The molecule has 0 amide bonds. The lowest BCUT2D eigenvalue weighted by atomic mass is 10.2. The standard InChI is InChI=1S/C12H10Cl2N2O/c13-9-3-4-15-7-11(9)16-6-8-1-2-12(17)10(14)5-8/h1-5,7,16-17H,6H2. The molecule has 0 saturated carbocycles. The Labute approximate surface area is 109 Å². The minimum atomic E-state index is 0.0785. The summed E-state index contributed by atoms with van der Waals surface area (Å²) in [6.07, 6.45) is 3.29. The second-order valence-electron chi connectivity index (χ2n) is 3.49. The molecule has 5 heteroatoms. The summed E-state index contributed by atoms with van der Waals surface area (Å²) in [7, 11) is 0. The normalized spacial score (nSPS) is 10.2. The van der Waals surface area contributed by atoms with Gasteiger partial charge in [0.15, 0.2) is 0 Å². The van der Waals surface area contributed by atoms with Gasteiger partial charge >= 0.3 is 0 Å². The van der Waals surface area contributed by atoms with Crippen LogP contribution < -0.4 is 5.32 Å². The number of phenols is 1. The molecule has 0 atom stereocenters. The number of benzene rings is 1. The van der Waals surface area contributed by atoms with Gasteiger partial charge in [0.25, 0.3) is 0 Å². The first-order chi connectivity index (χ1) is 8.16. The van der Waals surface area contributed by atoms with E-state index in [1.54, 1.807) is 36.7 Å². The summed E-state index contributed by atoms with van der Waals surface area (Å²) >= 11 is 11.8. The van der Waals surface area contributed by atoms with E-state index >= 15 is 0 Å². The molecule has 0 saturated heterocycles. The maximum Gasteiger partial charge on any atom is 0.134 e. The molecule has 88 valence electrons. The molecule has 0 aliphatic carbocycles. The molecule has 0 fully saturated rings. The molecular formula is C12H10Cl2N2O. The first-order valence-corrected chi connectivity index (χ1v) is 5.73. The summed E-state index contributed by atoms with van der Waals surface area (Å²) in [5.41, 5.74) is 1.71. The molecular weight excluding hydrogens is 259 g/mol. The highest BCUT2D eigenvalue weighted by Gasteiger charge is 2.02. The van der Waals surface area contributed by atoms with Gasteiger partial charge in [0.1, 0.15) is 5.75 Å². The lowest BCUT2D eigenvalue weighted by Gasteiger charge is -2.08. The van der Waals surface area contributed by atoms with Crippen LogP contribution in [0, 0.1) is 0 Å². The molecule has 0 aliphatic heterocycles. The number of nitrogens with zero attached hydrogens (tertiary/aromatic N) is 1. The van der Waals surface area contributed by atoms with Crippen LogP contribution in [0.4, 0.5) is 5.69 Å². The van der Waals surface area contributed by atoms with Crippen LogP contribution in [-0.4, -0.2) is 10.1 Å². The Morgan fingerprint density at radius 3 is 2.71 bits per heavy atom. The third-order valence-electron chi connectivity index (χ3n) is 2.26. The quantitative estimate of drug-likeness (QED) is 0.892. The number of aromatic nitrogens is 1. The minimum Gasteiger partial charge on any atom is -0.506 e. The maximum absolute atomic E-state index is 9.29. The SMILES string of the molecule is Oc1ccc(CNc2cnccc2Cl)cc1Cl. The fourth-order valence-electron chi connectivity index (χ4n) is 1.37. The van der Waals surface area contributed by atoms with Gasteiger partial charge in [0, 0.05) is 12.7 Å². The monoisotopic (exact) mass is 268 g/mol. The predicted octanol–water partition coefficient (Wildman–Crippen LogP) is 3.71. The summed E-state index contributed by atoms with van der Waals surface area (Å²) in [6, 6.07) is 6.77. The van der Waals surface area contributed by atoms with Crippen LogP contribution in [-0.2, 0) is 6.54 Å². The highest BCUT2D eigenvalue weighted by Crippen LogP contribution is 2.25. The van der Waals surface area contributed by atoms with Crippen molar-refractivity contribution in [3.05, 3.63) is 52.3 Å². The van der Waals surface area contributed by atoms with E-state index in [0.29, 0.717) is 16.6 Å². The van der Waals surface area contributed by atoms with Crippen molar-refractivity contribution in [2.75, 3.05) is 5.32 Å². The van der Waals surface area contributed by atoms with E-state index < -0.39 is 0 Å². The number of anilines is 1. The van der Waals surface area contributed by atoms with Crippen LogP contribution in [0.15, 0.2) is 36.7 Å². The number of rotatable bonds is 3. The van der Waals surface area contributed by atoms with Gasteiger partial charge in [-0.15, -0.1) is 0 Å². The number of aromatic hydroxyl groups is 1. The smallest absolute Gasteiger partial charge is 0.134 e. The Hall–Kier alpha value is -1.45. The van der Waals surface area contributed by atoms with Crippen LogP contribution in [0.1, 0.15) is 5.56 Å². The number of halogens is 2. The van der Waals surface area contributed by atoms with Crippen LogP contribution in [0.25, 0.3) is 0 Å². The van der Waals surface area contributed by atoms with E-state index in [2.05, 4.69) is 10.3 Å². The van der Waals surface area contributed by atoms with Gasteiger partial charge in [0.05, 0.1) is 21.9 Å². The van der Waals surface area contributed by atoms with Crippen LogP contribution >= 0.6 is 23.2 Å². The molecule has 2 rings (SSSR count). The molecule has 17 heavy (non-hydrogen) atoms. The van der Waals surface area contributed by atoms with Crippen molar-refractivity contribution in [1.82, 2.24) is 4.98 Å². The highest BCUT2D eigenvalue weighted by atomic mass is 35.5. The Bertz CT molecular complexity index is 532. The number of hydrogen-bond acceptors (Lipinski definition) is 3. The zero-order chi connectivity index (χ0) is 12.3. The van der Waals surface area contributed by atoms with E-state index in [-0.39, 0.29) is 5.75 Å². The maximum atomic E-state index is 9.29. The molecule has 0 bridgehead atoms. The van der Waals surface area contributed by atoms with Crippen LogP contribution in [0.2, 0.25) is 10.0 Å². The first-order valence-electron chi connectivity index (χ1n) is 4.97. The second kappa shape index (κ2) is 5.25. The lowest BCUT2D eigenvalue weighted by Crippen LogP contribution is -2.00. The summed E-state index contributed by atoms with van der Waals surface area (Å²) < 4.78 is 0. The molecule has 3 nitrogen and oxygen atoms in total. The van der Waals surface area contributed by atoms with Gasteiger partial charge < -0.3 is 10.4 Å². The summed E-state index contributed by atoms with van der Waals surface area (Å²) in [5, 5.41) is 13.4. The zero-order valence-electron chi connectivity index (χ0n) is 8.82. The van der Waals surface area contributed by atoms with Crippen molar-refractivity contribution in [2.24, 2.45) is 0 Å². The van der Waals surface area contributed by atoms with E-state index in [1.807, 2.05) is 0 Å². The molecule has 1 aromatic carbocycles. The first kappa shape index (κ1) is 12.0. The Kier molecular flexibility index (Phi) is 3.71. The zero-order valence-corrected chi connectivity index (χ0v) is 10.3. The van der Waals surface area contributed by atoms with E-state index in [9.17, 15) is 5.11 Å². The van der Waals surface area contributed by atoms with Crippen LogP contribution in [0.5, 0.6) is 5.75 Å². The van der Waals surface area contributed by atoms with Gasteiger partial charge in [-0.3, -0.25) is 4.98 Å². The predicted molar refractivity (Wildman–Crippen MR) is 69.7 cm³/mol. The summed E-state index contributed by atoms with van der Waals surface area (Å²) in [4.78, 5) is 3.98. The van der Waals surface area contributed by atoms with E-state index in [0.717, 1.165) is 11.3 Å². The molecule has 1 heterocycles. The molecule has 0 radical (unpaired) electrons. The van der Waals surface area contributed by atoms with Gasteiger partial charge in [-0.1, -0.05) is 29.3 Å². The lowest BCUT2D eigenvalue weighted by molar-refractivity contribution is 0.475. The number of hydrogen-bond donors (Lipinski definition) is 2. The van der Waals surface area contributed by atoms with E-state index in [1.165, 1.54) is 0 Å². The Morgan fingerprint density at radius 2 is 2.00 bits per heavy atom. The number of pyridine rings is 1. The number of phenolic OH excluding ortho intramolecular Hbond substituents is 1. The summed E-state index contributed by atoms with van der Waals surface area (Å²) in [5.74, 6) is 0.0785. The molecule has 1 aromatic heterocycles. The Morgan fingerprint density at radius 1 is 1.18 bits per heavy atom. The molecule has 0 aliphatic rings. The second-order valence-corrected chi connectivity index (χ2v) is 4.31. The number of nitrogens with one attached hydrogen (secondary N) is 1. The van der Waals surface area contributed by atoms with Crippen molar-refractivity contribution in [2.45, 2.75) is 6.54 Å². The average Bonchev–Trinajstić information content (AvgIpc) is 2.32. The van der Waals surface area contributed by atoms with Crippen molar-refractivity contribution >= 4 is 28.9 Å². The molecule has 0 unspecified atom stereocenters.